The van der Waals surface area contributed by atoms with Crippen molar-refractivity contribution in [3.05, 3.63) is 89.3 Å². The molecule has 0 saturated heterocycles. The number of nitrogens with one attached hydrogen (secondary N) is 2. The number of thiazole rings is 1. The van der Waals surface area contributed by atoms with E-state index >= 15 is 0 Å². The van der Waals surface area contributed by atoms with E-state index in [2.05, 4.69) is 15.6 Å². The summed E-state index contributed by atoms with van der Waals surface area (Å²) in [6, 6.07) is 22.7. The van der Waals surface area contributed by atoms with Crippen molar-refractivity contribution in [2.24, 2.45) is 0 Å². The van der Waals surface area contributed by atoms with E-state index in [-0.39, 0.29) is 17.1 Å². The number of anilines is 2. The van der Waals surface area contributed by atoms with Crippen molar-refractivity contribution in [3.63, 3.8) is 0 Å². The van der Waals surface area contributed by atoms with Gasteiger partial charge in [0, 0.05) is 27.1 Å². The molecule has 1 unspecified atom stereocenters. The summed E-state index contributed by atoms with van der Waals surface area (Å²) in [7, 11) is 1.63. The van der Waals surface area contributed by atoms with Crippen molar-refractivity contribution < 1.29 is 14.3 Å². The van der Waals surface area contributed by atoms with Crippen LogP contribution in [0.4, 0.5) is 10.8 Å². The Morgan fingerprint density at radius 2 is 1.81 bits per heavy atom. The second-order valence-corrected chi connectivity index (χ2v) is 10.2. The number of methoxy groups -OCH3 is 1. The summed E-state index contributed by atoms with van der Waals surface area (Å²) >= 11 is 2.84. The molecule has 36 heavy (non-hydrogen) atoms. The Labute approximate surface area is 219 Å². The maximum atomic E-state index is 13.0. The quantitative estimate of drug-likeness (QED) is 0.236. The summed E-state index contributed by atoms with van der Waals surface area (Å²) in [5.41, 5.74) is 3.87. The fourth-order valence-electron chi connectivity index (χ4n) is 3.66. The first kappa shape index (κ1) is 25.5. The molecule has 0 radical (unpaired) electrons. The molecular weight excluding hydrogens is 490 g/mol. The Morgan fingerprint density at radius 3 is 2.58 bits per heavy atom. The van der Waals surface area contributed by atoms with E-state index in [1.165, 1.54) is 23.1 Å². The second kappa shape index (κ2) is 11.9. The number of ether oxygens (including phenoxy) is 1. The molecule has 4 aromatic rings. The molecule has 184 valence electrons. The van der Waals surface area contributed by atoms with Crippen molar-refractivity contribution in [2.75, 3.05) is 17.7 Å². The molecule has 0 fully saturated rings. The normalized spacial score (nSPS) is 11.5. The number of amides is 2. The Morgan fingerprint density at radius 1 is 1.03 bits per heavy atom. The standard InChI is InChI=1S/C28H27N3O3S2/c1-4-25(27(33)31-28-30-23(17-35-28)22-14-7-8-15-24(22)34-3)36-20-12-9-11-19(16-20)29-26(32)21-13-6-5-10-18(21)2/h5-17,25H,4H2,1-3H3,(H,29,32)(H,30,31,33). The maximum absolute atomic E-state index is 13.0. The largest absolute Gasteiger partial charge is 0.496 e. The van der Waals surface area contributed by atoms with Crippen molar-refractivity contribution in [2.45, 2.75) is 30.4 Å². The number of carbonyl (C=O) groups is 2. The van der Waals surface area contributed by atoms with Crippen molar-refractivity contribution in [1.29, 1.82) is 0 Å². The highest BCUT2D eigenvalue weighted by Crippen LogP contribution is 2.33. The molecule has 1 aromatic heterocycles. The molecule has 8 heteroatoms. The van der Waals surface area contributed by atoms with Gasteiger partial charge in [0.05, 0.1) is 18.1 Å². The predicted molar refractivity (Wildman–Crippen MR) is 148 cm³/mol. The summed E-state index contributed by atoms with van der Waals surface area (Å²) in [4.78, 5) is 31.2. The molecule has 0 bridgehead atoms. The minimum Gasteiger partial charge on any atom is -0.496 e. The molecule has 0 aliphatic carbocycles. The second-order valence-electron chi connectivity index (χ2n) is 8.04. The van der Waals surface area contributed by atoms with E-state index in [9.17, 15) is 9.59 Å². The van der Waals surface area contributed by atoms with Gasteiger partial charge in [0.1, 0.15) is 5.75 Å². The molecule has 6 nitrogen and oxygen atoms in total. The monoisotopic (exact) mass is 517 g/mol. The molecule has 0 spiro atoms. The summed E-state index contributed by atoms with van der Waals surface area (Å²) in [6.45, 7) is 3.89. The van der Waals surface area contributed by atoms with Crippen LogP contribution in [0.2, 0.25) is 0 Å². The fraction of sp³-hybridized carbons (Fsp3) is 0.179. The van der Waals surface area contributed by atoms with Crippen LogP contribution in [0.3, 0.4) is 0 Å². The van der Waals surface area contributed by atoms with E-state index < -0.39 is 0 Å². The maximum Gasteiger partial charge on any atom is 0.255 e. The molecule has 1 atom stereocenters. The minimum atomic E-state index is -0.314. The van der Waals surface area contributed by atoms with Crippen LogP contribution in [-0.4, -0.2) is 29.2 Å². The van der Waals surface area contributed by atoms with Gasteiger partial charge in [0.25, 0.3) is 5.91 Å². The Bertz CT molecular complexity index is 1370. The lowest BCUT2D eigenvalue weighted by molar-refractivity contribution is -0.115. The van der Waals surface area contributed by atoms with E-state index in [1.807, 2.05) is 86.0 Å². The molecular formula is C28H27N3O3S2. The van der Waals surface area contributed by atoms with E-state index in [0.717, 1.165) is 27.5 Å². The van der Waals surface area contributed by atoms with Crippen LogP contribution in [0.5, 0.6) is 5.75 Å². The van der Waals surface area contributed by atoms with Crippen LogP contribution in [0.1, 0.15) is 29.3 Å². The minimum absolute atomic E-state index is 0.113. The van der Waals surface area contributed by atoms with Gasteiger partial charge in [-0.1, -0.05) is 43.3 Å². The summed E-state index contributed by atoms with van der Waals surface area (Å²) in [5, 5.41) is 8.04. The lowest BCUT2D eigenvalue weighted by atomic mass is 10.1. The van der Waals surface area contributed by atoms with Crippen molar-refractivity contribution >= 4 is 45.7 Å². The first-order valence-electron chi connectivity index (χ1n) is 11.5. The van der Waals surface area contributed by atoms with Crippen LogP contribution in [0.25, 0.3) is 11.3 Å². The highest BCUT2D eigenvalue weighted by molar-refractivity contribution is 8.00. The Kier molecular flexibility index (Phi) is 8.40. The lowest BCUT2D eigenvalue weighted by Crippen LogP contribution is -2.24. The van der Waals surface area contributed by atoms with Crippen LogP contribution in [0, 0.1) is 6.92 Å². The number of aryl methyl sites for hydroxylation is 1. The number of thioether (sulfide) groups is 1. The molecule has 0 aliphatic rings. The van der Waals surface area contributed by atoms with Gasteiger partial charge in [0.2, 0.25) is 5.91 Å². The fourth-order valence-corrected chi connectivity index (χ4v) is 5.38. The van der Waals surface area contributed by atoms with E-state index in [0.29, 0.717) is 22.8 Å². The summed E-state index contributed by atoms with van der Waals surface area (Å²) in [6.07, 6.45) is 0.640. The number of aromatic nitrogens is 1. The van der Waals surface area contributed by atoms with Gasteiger partial charge in [-0.3, -0.25) is 9.59 Å². The molecule has 1 heterocycles. The Balaban J connectivity index is 1.41. The van der Waals surface area contributed by atoms with Crippen LogP contribution in [0.15, 0.2) is 83.1 Å². The van der Waals surface area contributed by atoms with E-state index in [1.54, 1.807) is 13.2 Å². The Hall–Kier alpha value is -3.62. The predicted octanol–water partition coefficient (Wildman–Crippen LogP) is 6.89. The number of para-hydroxylation sites is 1. The lowest BCUT2D eigenvalue weighted by Gasteiger charge is -2.14. The third-order valence-electron chi connectivity index (χ3n) is 5.54. The number of rotatable bonds is 9. The van der Waals surface area contributed by atoms with Gasteiger partial charge < -0.3 is 15.4 Å². The van der Waals surface area contributed by atoms with Crippen LogP contribution in [-0.2, 0) is 4.79 Å². The average molecular weight is 518 g/mol. The van der Waals surface area contributed by atoms with E-state index in [4.69, 9.17) is 4.74 Å². The zero-order chi connectivity index (χ0) is 25.5. The molecule has 0 aliphatic heterocycles. The topological polar surface area (TPSA) is 80.3 Å². The van der Waals surface area contributed by atoms with Crippen LogP contribution < -0.4 is 15.4 Å². The summed E-state index contributed by atoms with van der Waals surface area (Å²) in [5.74, 6) is 0.462. The average Bonchev–Trinajstić information content (AvgIpc) is 3.35. The van der Waals surface area contributed by atoms with Crippen molar-refractivity contribution in [3.8, 4) is 17.0 Å². The zero-order valence-corrected chi connectivity index (χ0v) is 21.9. The third-order valence-corrected chi connectivity index (χ3v) is 7.66. The number of nitrogens with zero attached hydrogens (tertiary/aromatic N) is 1. The number of benzene rings is 3. The van der Waals surface area contributed by atoms with Gasteiger partial charge in [-0.15, -0.1) is 23.1 Å². The molecule has 0 saturated carbocycles. The van der Waals surface area contributed by atoms with Crippen LogP contribution >= 0.6 is 23.1 Å². The first-order valence-corrected chi connectivity index (χ1v) is 13.3. The highest BCUT2D eigenvalue weighted by atomic mass is 32.2. The SMILES string of the molecule is CCC(Sc1cccc(NC(=O)c2ccccc2C)c1)C(=O)Nc1nc(-c2ccccc2OC)cs1. The number of hydrogen-bond donors (Lipinski definition) is 2. The van der Waals surface area contributed by atoms with Gasteiger partial charge >= 0.3 is 0 Å². The van der Waals surface area contributed by atoms with Crippen molar-refractivity contribution in [1.82, 2.24) is 4.98 Å². The molecule has 3 aromatic carbocycles. The number of carbonyl (C=O) groups excluding carboxylic acids is 2. The summed E-state index contributed by atoms with van der Waals surface area (Å²) < 4.78 is 5.42. The third kappa shape index (κ3) is 6.13. The highest BCUT2D eigenvalue weighted by Gasteiger charge is 2.20. The molecule has 4 rings (SSSR count). The first-order chi connectivity index (χ1) is 17.5. The van der Waals surface area contributed by atoms with Gasteiger partial charge in [0.15, 0.2) is 5.13 Å². The smallest absolute Gasteiger partial charge is 0.255 e. The zero-order valence-electron chi connectivity index (χ0n) is 20.3. The number of hydrogen-bond acceptors (Lipinski definition) is 6. The van der Waals surface area contributed by atoms with Gasteiger partial charge in [-0.05, 0) is 55.3 Å². The molecule has 2 amide bonds. The van der Waals surface area contributed by atoms with Gasteiger partial charge in [-0.25, -0.2) is 4.98 Å². The van der Waals surface area contributed by atoms with Gasteiger partial charge in [-0.2, -0.15) is 0 Å². The molecule has 2 N–H and O–H groups in total.